The minimum absolute atomic E-state index is 0.756. The summed E-state index contributed by atoms with van der Waals surface area (Å²) in [7, 11) is 0. The van der Waals surface area contributed by atoms with Gasteiger partial charge in [0.15, 0.2) is 0 Å². The first-order valence-corrected chi connectivity index (χ1v) is 4.69. The second-order valence-corrected chi connectivity index (χ2v) is 4.03. The van der Waals surface area contributed by atoms with Crippen molar-refractivity contribution < 1.29 is 0 Å². The van der Waals surface area contributed by atoms with E-state index < -0.39 is 0 Å². The highest BCUT2D eigenvalue weighted by molar-refractivity contribution is 8.01. The first-order valence-electron chi connectivity index (χ1n) is 2.48. The lowest BCUT2D eigenvalue weighted by atomic mass is 11.0. The van der Waals surface area contributed by atoms with Crippen molar-refractivity contribution in [1.82, 2.24) is 9.59 Å². The lowest BCUT2D eigenvalue weighted by Crippen LogP contribution is -1.67. The molecule has 0 spiro atoms. The standard InChI is InChI=1S/C4H6N2S3/c1-2-8-4-3(7)5-6-9-4/h7H,2H2,1H3. The van der Waals surface area contributed by atoms with Crippen molar-refractivity contribution >= 4 is 35.9 Å². The Kier molecular flexibility index (Phi) is 2.81. The number of hydrogen-bond acceptors (Lipinski definition) is 5. The van der Waals surface area contributed by atoms with Crippen LogP contribution in [0.5, 0.6) is 0 Å². The van der Waals surface area contributed by atoms with Crippen LogP contribution in [-0.4, -0.2) is 15.3 Å². The van der Waals surface area contributed by atoms with Crippen LogP contribution in [0.4, 0.5) is 0 Å². The Balaban J connectivity index is 2.69. The van der Waals surface area contributed by atoms with E-state index in [1.807, 2.05) is 0 Å². The van der Waals surface area contributed by atoms with Crippen molar-refractivity contribution in [3.63, 3.8) is 0 Å². The molecular weight excluding hydrogens is 172 g/mol. The fraction of sp³-hybridized carbons (Fsp3) is 0.500. The normalized spacial score (nSPS) is 10.0. The van der Waals surface area contributed by atoms with Crippen molar-refractivity contribution in [2.24, 2.45) is 0 Å². The van der Waals surface area contributed by atoms with Crippen molar-refractivity contribution in [3.05, 3.63) is 0 Å². The molecule has 0 fully saturated rings. The van der Waals surface area contributed by atoms with Crippen LogP contribution in [0, 0.1) is 0 Å². The molecule has 0 atom stereocenters. The lowest BCUT2D eigenvalue weighted by molar-refractivity contribution is 1.01. The quantitative estimate of drug-likeness (QED) is 0.553. The summed E-state index contributed by atoms with van der Waals surface area (Å²) < 4.78 is 4.85. The van der Waals surface area contributed by atoms with Crippen LogP contribution >= 0.6 is 35.9 Å². The topological polar surface area (TPSA) is 25.8 Å². The number of aromatic nitrogens is 2. The van der Waals surface area contributed by atoms with E-state index in [1.165, 1.54) is 11.5 Å². The molecule has 0 radical (unpaired) electrons. The van der Waals surface area contributed by atoms with Crippen LogP contribution in [-0.2, 0) is 0 Å². The molecule has 0 bridgehead atoms. The summed E-state index contributed by atoms with van der Waals surface area (Å²) in [6.45, 7) is 2.09. The van der Waals surface area contributed by atoms with Crippen LogP contribution in [0.1, 0.15) is 6.92 Å². The second kappa shape index (κ2) is 3.43. The average Bonchev–Trinajstić information content (AvgIpc) is 2.18. The van der Waals surface area contributed by atoms with Gasteiger partial charge in [0.25, 0.3) is 0 Å². The van der Waals surface area contributed by atoms with E-state index in [4.69, 9.17) is 0 Å². The molecule has 5 heteroatoms. The largest absolute Gasteiger partial charge is 0.142 e. The third kappa shape index (κ3) is 1.84. The molecule has 0 N–H and O–H groups in total. The molecule has 0 saturated carbocycles. The molecule has 2 nitrogen and oxygen atoms in total. The van der Waals surface area contributed by atoms with Crippen LogP contribution in [0.15, 0.2) is 9.24 Å². The zero-order chi connectivity index (χ0) is 6.69. The molecule has 1 aromatic rings. The van der Waals surface area contributed by atoms with Gasteiger partial charge in [-0.25, -0.2) is 0 Å². The first kappa shape index (κ1) is 7.37. The summed E-state index contributed by atoms with van der Waals surface area (Å²) in [6.07, 6.45) is 0. The third-order valence-electron chi connectivity index (χ3n) is 0.717. The van der Waals surface area contributed by atoms with Gasteiger partial charge in [0.1, 0.15) is 9.24 Å². The Hall–Kier alpha value is 0.260. The van der Waals surface area contributed by atoms with Crippen LogP contribution in [0.2, 0.25) is 0 Å². The fourth-order valence-electron chi connectivity index (χ4n) is 0.400. The Morgan fingerprint density at radius 2 is 2.56 bits per heavy atom. The lowest BCUT2D eigenvalue weighted by Gasteiger charge is -1.87. The van der Waals surface area contributed by atoms with E-state index in [2.05, 4.69) is 29.1 Å². The van der Waals surface area contributed by atoms with Crippen molar-refractivity contribution in [1.29, 1.82) is 0 Å². The van der Waals surface area contributed by atoms with Crippen LogP contribution < -0.4 is 0 Å². The van der Waals surface area contributed by atoms with Crippen molar-refractivity contribution in [3.8, 4) is 0 Å². The van der Waals surface area contributed by atoms with Gasteiger partial charge in [-0.2, -0.15) is 0 Å². The van der Waals surface area contributed by atoms with E-state index in [0.29, 0.717) is 0 Å². The molecule has 0 aliphatic carbocycles. The Bertz CT molecular complexity index is 186. The fourth-order valence-corrected chi connectivity index (χ4v) is 2.24. The maximum Gasteiger partial charge on any atom is 0.142 e. The SMILES string of the molecule is CCSc1snnc1S. The van der Waals surface area contributed by atoms with Gasteiger partial charge >= 0.3 is 0 Å². The summed E-state index contributed by atoms with van der Waals surface area (Å²) >= 11 is 7.22. The molecule has 0 unspecified atom stereocenters. The maximum atomic E-state index is 4.10. The number of nitrogens with zero attached hydrogens (tertiary/aromatic N) is 2. The Morgan fingerprint density at radius 3 is 3.00 bits per heavy atom. The highest BCUT2D eigenvalue weighted by Gasteiger charge is 2.00. The summed E-state index contributed by atoms with van der Waals surface area (Å²) in [6, 6.07) is 0. The van der Waals surface area contributed by atoms with Gasteiger partial charge in [-0.1, -0.05) is 11.4 Å². The molecule has 1 rings (SSSR count). The summed E-state index contributed by atoms with van der Waals surface area (Å²) in [5.74, 6) is 1.05. The summed E-state index contributed by atoms with van der Waals surface area (Å²) in [5.41, 5.74) is 0. The zero-order valence-electron chi connectivity index (χ0n) is 4.87. The molecule has 0 amide bonds. The van der Waals surface area contributed by atoms with E-state index in [0.717, 1.165) is 15.0 Å². The third-order valence-corrected chi connectivity index (χ3v) is 3.18. The molecular formula is C4H6N2S3. The van der Waals surface area contributed by atoms with Gasteiger partial charge in [-0.3, -0.25) is 0 Å². The molecule has 1 aromatic heterocycles. The Labute approximate surface area is 67.6 Å². The number of thiol groups is 1. The van der Waals surface area contributed by atoms with E-state index in [9.17, 15) is 0 Å². The molecule has 0 aliphatic heterocycles. The molecule has 9 heavy (non-hydrogen) atoms. The summed E-state index contributed by atoms with van der Waals surface area (Å²) in [5, 5.41) is 4.50. The average molecular weight is 178 g/mol. The molecule has 0 aliphatic rings. The van der Waals surface area contributed by atoms with Gasteiger partial charge < -0.3 is 0 Å². The minimum Gasteiger partial charge on any atom is -0.131 e. The molecule has 0 saturated heterocycles. The maximum absolute atomic E-state index is 4.10. The summed E-state index contributed by atoms with van der Waals surface area (Å²) in [4.78, 5) is 0. The molecule has 1 heterocycles. The zero-order valence-corrected chi connectivity index (χ0v) is 7.39. The highest BCUT2D eigenvalue weighted by Crippen LogP contribution is 2.26. The van der Waals surface area contributed by atoms with Gasteiger partial charge in [0.2, 0.25) is 0 Å². The van der Waals surface area contributed by atoms with E-state index >= 15 is 0 Å². The van der Waals surface area contributed by atoms with E-state index in [1.54, 1.807) is 11.8 Å². The highest BCUT2D eigenvalue weighted by atomic mass is 32.2. The van der Waals surface area contributed by atoms with Gasteiger partial charge in [-0.15, -0.1) is 29.5 Å². The number of hydrogen-bond donors (Lipinski definition) is 1. The van der Waals surface area contributed by atoms with Gasteiger partial charge in [0.05, 0.1) is 0 Å². The second-order valence-electron chi connectivity index (χ2n) is 1.32. The van der Waals surface area contributed by atoms with Crippen LogP contribution in [0.25, 0.3) is 0 Å². The smallest absolute Gasteiger partial charge is 0.131 e. The van der Waals surface area contributed by atoms with E-state index in [-0.39, 0.29) is 0 Å². The first-order chi connectivity index (χ1) is 4.34. The van der Waals surface area contributed by atoms with Gasteiger partial charge in [-0.05, 0) is 17.3 Å². The number of rotatable bonds is 2. The van der Waals surface area contributed by atoms with Crippen molar-refractivity contribution in [2.45, 2.75) is 16.2 Å². The predicted molar refractivity (Wildman–Crippen MR) is 43.6 cm³/mol. The van der Waals surface area contributed by atoms with Gasteiger partial charge in [0, 0.05) is 0 Å². The monoisotopic (exact) mass is 178 g/mol. The van der Waals surface area contributed by atoms with Crippen LogP contribution in [0.3, 0.4) is 0 Å². The predicted octanol–water partition coefficient (Wildman–Crippen LogP) is 1.94. The molecule has 50 valence electrons. The number of thioether (sulfide) groups is 1. The molecule has 0 aromatic carbocycles. The van der Waals surface area contributed by atoms with Crippen molar-refractivity contribution in [2.75, 3.05) is 5.75 Å². The minimum atomic E-state index is 0.756. The Morgan fingerprint density at radius 1 is 1.78 bits per heavy atom.